The number of hydrogen-bond acceptors (Lipinski definition) is 7. The van der Waals surface area contributed by atoms with Crippen molar-refractivity contribution in [2.45, 2.75) is 37.6 Å². The normalized spacial score (nSPS) is 26.7. The lowest BCUT2D eigenvalue weighted by atomic mass is 10.1. The SMILES string of the molecule is CCS[C@H]1O[C@H](CO)[C@@H](OC(C)=O)[C@@H]1OC(=O)c1ccccc1. The van der Waals surface area contributed by atoms with Gasteiger partial charge in [0.2, 0.25) is 0 Å². The van der Waals surface area contributed by atoms with E-state index < -0.39 is 35.7 Å². The maximum absolute atomic E-state index is 12.3. The lowest BCUT2D eigenvalue weighted by Gasteiger charge is -2.23. The molecule has 1 aliphatic heterocycles. The summed E-state index contributed by atoms with van der Waals surface area (Å²) in [5, 5.41) is 9.44. The van der Waals surface area contributed by atoms with Crippen LogP contribution in [0.2, 0.25) is 0 Å². The highest BCUT2D eigenvalue weighted by Gasteiger charge is 2.49. The fraction of sp³-hybridized carbons (Fsp3) is 0.500. The van der Waals surface area contributed by atoms with Crippen molar-refractivity contribution in [3.05, 3.63) is 35.9 Å². The van der Waals surface area contributed by atoms with Crippen LogP contribution in [0.25, 0.3) is 0 Å². The molecular formula is C16H20O6S. The minimum Gasteiger partial charge on any atom is -0.456 e. The molecule has 0 radical (unpaired) electrons. The molecule has 1 aromatic carbocycles. The molecule has 6 nitrogen and oxygen atoms in total. The molecule has 1 heterocycles. The molecule has 0 spiro atoms. The minimum absolute atomic E-state index is 0.321. The standard InChI is InChI=1S/C16H20O6S/c1-3-23-16-14(13(20-10(2)18)12(9-17)21-16)22-15(19)11-7-5-4-6-8-11/h4-8,12-14,16-17H,3,9H2,1-2H3/t12-,13-,14+,16-/m1/s1. The van der Waals surface area contributed by atoms with Gasteiger partial charge in [-0.1, -0.05) is 25.1 Å². The van der Waals surface area contributed by atoms with Gasteiger partial charge in [-0.05, 0) is 17.9 Å². The van der Waals surface area contributed by atoms with Crippen molar-refractivity contribution in [3.8, 4) is 0 Å². The van der Waals surface area contributed by atoms with Crippen molar-refractivity contribution in [1.82, 2.24) is 0 Å². The minimum atomic E-state index is -0.825. The zero-order valence-electron chi connectivity index (χ0n) is 13.0. The molecular weight excluding hydrogens is 320 g/mol. The van der Waals surface area contributed by atoms with E-state index in [2.05, 4.69) is 0 Å². The summed E-state index contributed by atoms with van der Waals surface area (Å²) in [5.74, 6) is -0.300. The summed E-state index contributed by atoms with van der Waals surface area (Å²) in [5.41, 5.74) is -0.0871. The summed E-state index contributed by atoms with van der Waals surface area (Å²) in [6.45, 7) is 2.89. The van der Waals surface area contributed by atoms with Crippen LogP contribution in [-0.2, 0) is 19.0 Å². The van der Waals surface area contributed by atoms with Crippen molar-refractivity contribution >= 4 is 23.7 Å². The van der Waals surface area contributed by atoms with E-state index in [0.29, 0.717) is 5.56 Å². The van der Waals surface area contributed by atoms with Crippen LogP contribution in [0.15, 0.2) is 30.3 Å². The number of esters is 2. The Labute approximate surface area is 139 Å². The van der Waals surface area contributed by atoms with Crippen molar-refractivity contribution in [2.75, 3.05) is 12.4 Å². The molecule has 7 heteroatoms. The Morgan fingerprint density at radius 3 is 2.48 bits per heavy atom. The van der Waals surface area contributed by atoms with E-state index in [0.717, 1.165) is 5.75 Å². The Morgan fingerprint density at radius 1 is 1.22 bits per heavy atom. The molecule has 2 rings (SSSR count). The van der Waals surface area contributed by atoms with E-state index in [9.17, 15) is 14.7 Å². The van der Waals surface area contributed by atoms with Crippen LogP contribution in [0.5, 0.6) is 0 Å². The number of aliphatic hydroxyl groups is 1. The average molecular weight is 340 g/mol. The number of benzene rings is 1. The first-order valence-electron chi connectivity index (χ1n) is 7.38. The first kappa shape index (κ1) is 17.8. The van der Waals surface area contributed by atoms with Crippen molar-refractivity contribution in [3.63, 3.8) is 0 Å². The van der Waals surface area contributed by atoms with Crippen LogP contribution in [0.1, 0.15) is 24.2 Å². The quantitative estimate of drug-likeness (QED) is 0.788. The molecule has 0 aromatic heterocycles. The Hall–Kier alpha value is -1.57. The number of ether oxygens (including phenoxy) is 3. The summed E-state index contributed by atoms with van der Waals surface area (Å²) >= 11 is 1.43. The topological polar surface area (TPSA) is 82.1 Å². The van der Waals surface area contributed by atoms with Crippen LogP contribution < -0.4 is 0 Å². The highest BCUT2D eigenvalue weighted by atomic mass is 32.2. The first-order valence-corrected chi connectivity index (χ1v) is 8.42. The number of thioether (sulfide) groups is 1. The number of hydrogen-bond donors (Lipinski definition) is 1. The second kappa shape index (κ2) is 8.33. The van der Waals surface area contributed by atoms with Gasteiger partial charge in [0.05, 0.1) is 12.2 Å². The maximum Gasteiger partial charge on any atom is 0.338 e. The molecule has 0 amide bonds. The zero-order chi connectivity index (χ0) is 16.8. The second-order valence-corrected chi connectivity index (χ2v) is 6.37. The molecule has 0 bridgehead atoms. The van der Waals surface area contributed by atoms with Gasteiger partial charge in [0.1, 0.15) is 11.5 Å². The molecule has 0 unspecified atom stereocenters. The van der Waals surface area contributed by atoms with Gasteiger partial charge in [-0.15, -0.1) is 11.8 Å². The summed E-state index contributed by atoms with van der Waals surface area (Å²) in [6.07, 6.45) is -2.31. The molecule has 0 saturated carbocycles. The number of carbonyl (C=O) groups excluding carboxylic acids is 2. The van der Waals surface area contributed by atoms with Crippen LogP contribution in [0.3, 0.4) is 0 Å². The smallest absolute Gasteiger partial charge is 0.338 e. The van der Waals surface area contributed by atoms with Gasteiger partial charge in [-0.2, -0.15) is 0 Å². The third-order valence-corrected chi connectivity index (χ3v) is 4.37. The van der Waals surface area contributed by atoms with Gasteiger partial charge in [0.25, 0.3) is 0 Å². The van der Waals surface area contributed by atoms with Crippen LogP contribution in [0.4, 0.5) is 0 Å². The van der Waals surface area contributed by atoms with Gasteiger partial charge in [0.15, 0.2) is 12.2 Å². The average Bonchev–Trinajstić information content (AvgIpc) is 2.85. The summed E-state index contributed by atoms with van der Waals surface area (Å²) in [7, 11) is 0. The molecule has 1 N–H and O–H groups in total. The van der Waals surface area contributed by atoms with Crippen molar-refractivity contribution in [2.24, 2.45) is 0 Å². The molecule has 23 heavy (non-hydrogen) atoms. The largest absolute Gasteiger partial charge is 0.456 e. The highest BCUT2D eigenvalue weighted by Crippen LogP contribution is 2.33. The number of rotatable bonds is 6. The number of carbonyl (C=O) groups is 2. The Morgan fingerprint density at radius 2 is 1.91 bits per heavy atom. The first-order chi connectivity index (χ1) is 11.1. The molecule has 126 valence electrons. The summed E-state index contributed by atoms with van der Waals surface area (Å²) in [4.78, 5) is 23.6. The predicted molar refractivity (Wildman–Crippen MR) is 85.1 cm³/mol. The van der Waals surface area contributed by atoms with E-state index in [4.69, 9.17) is 14.2 Å². The molecule has 1 fully saturated rings. The van der Waals surface area contributed by atoms with Crippen LogP contribution in [0, 0.1) is 0 Å². The van der Waals surface area contributed by atoms with Gasteiger partial charge < -0.3 is 19.3 Å². The Balaban J connectivity index is 2.18. The Kier molecular flexibility index (Phi) is 6.44. The second-order valence-electron chi connectivity index (χ2n) is 4.99. The molecule has 1 aliphatic rings. The Bertz CT molecular complexity index is 535. The molecule has 1 saturated heterocycles. The highest BCUT2D eigenvalue weighted by molar-refractivity contribution is 7.99. The molecule has 0 aliphatic carbocycles. The van der Waals surface area contributed by atoms with E-state index in [1.54, 1.807) is 30.3 Å². The van der Waals surface area contributed by atoms with Gasteiger partial charge in [-0.25, -0.2) is 4.79 Å². The fourth-order valence-electron chi connectivity index (χ4n) is 2.36. The molecule has 4 atom stereocenters. The third kappa shape index (κ3) is 4.46. The summed E-state index contributed by atoms with van der Waals surface area (Å²) < 4.78 is 16.4. The number of aliphatic hydroxyl groups excluding tert-OH is 1. The van der Waals surface area contributed by atoms with Gasteiger partial charge in [-0.3, -0.25) is 4.79 Å². The van der Waals surface area contributed by atoms with Gasteiger partial charge in [0, 0.05) is 6.92 Å². The monoisotopic (exact) mass is 340 g/mol. The van der Waals surface area contributed by atoms with E-state index in [1.807, 2.05) is 6.92 Å². The summed E-state index contributed by atoms with van der Waals surface area (Å²) in [6, 6.07) is 8.56. The lowest BCUT2D eigenvalue weighted by Crippen LogP contribution is -2.40. The maximum atomic E-state index is 12.3. The third-order valence-electron chi connectivity index (χ3n) is 3.33. The van der Waals surface area contributed by atoms with Crippen LogP contribution >= 0.6 is 11.8 Å². The fourth-order valence-corrected chi connectivity index (χ4v) is 3.31. The predicted octanol–water partition coefficient (Wildman–Crippen LogP) is 1.61. The van der Waals surface area contributed by atoms with E-state index >= 15 is 0 Å². The van der Waals surface area contributed by atoms with E-state index in [-0.39, 0.29) is 6.61 Å². The van der Waals surface area contributed by atoms with Crippen LogP contribution in [-0.4, -0.2) is 53.2 Å². The van der Waals surface area contributed by atoms with E-state index in [1.165, 1.54) is 18.7 Å². The van der Waals surface area contributed by atoms with Gasteiger partial charge >= 0.3 is 11.9 Å². The van der Waals surface area contributed by atoms with Crippen molar-refractivity contribution in [1.29, 1.82) is 0 Å². The molecule has 1 aromatic rings. The lowest BCUT2D eigenvalue weighted by molar-refractivity contribution is -0.154. The zero-order valence-corrected chi connectivity index (χ0v) is 13.8. The van der Waals surface area contributed by atoms with Crippen molar-refractivity contribution < 1.29 is 28.9 Å².